The van der Waals surface area contributed by atoms with Crippen molar-refractivity contribution in [3.05, 3.63) is 64.0 Å². The zero-order valence-corrected chi connectivity index (χ0v) is 12.7. The van der Waals surface area contributed by atoms with Gasteiger partial charge in [-0.25, -0.2) is 4.79 Å². The van der Waals surface area contributed by atoms with Gasteiger partial charge in [0.05, 0.1) is 0 Å². The van der Waals surface area contributed by atoms with E-state index >= 15 is 0 Å². The monoisotopic (exact) mass is 325 g/mol. The minimum atomic E-state index is -0.430. The summed E-state index contributed by atoms with van der Waals surface area (Å²) in [5.74, 6) is -0.192. The Kier molecular flexibility index (Phi) is 3.16. The third-order valence-electron chi connectivity index (χ3n) is 3.54. The number of tetrazole rings is 1. The first-order chi connectivity index (χ1) is 11.2. The molecule has 114 valence electrons. The molecule has 0 unspecified atom stereocenters. The van der Waals surface area contributed by atoms with Gasteiger partial charge in [-0.2, -0.15) is 9.36 Å². The van der Waals surface area contributed by atoms with Gasteiger partial charge in [-0.15, -0.1) is 11.3 Å². The number of aromatic amines is 1. The SMILES string of the molecule is O=C(Cn1nnn(-c2cccs2)c1=O)c1c[nH]c2ccccc12. The standard InChI is InChI=1S/C15H11N5O2S/c21-13(11-8-16-12-5-2-1-4-10(11)12)9-19-15(22)20(18-17-19)14-6-3-7-23-14/h1-8,16H,9H2. The van der Waals surface area contributed by atoms with E-state index in [-0.39, 0.29) is 12.3 Å². The van der Waals surface area contributed by atoms with Crippen molar-refractivity contribution in [2.24, 2.45) is 0 Å². The average Bonchev–Trinajstić information content (AvgIpc) is 3.28. The number of hydrogen-bond donors (Lipinski definition) is 1. The highest BCUT2D eigenvalue weighted by Gasteiger charge is 2.16. The Morgan fingerprint density at radius 2 is 2.04 bits per heavy atom. The van der Waals surface area contributed by atoms with Gasteiger partial charge in [0, 0.05) is 22.7 Å². The maximum Gasteiger partial charge on any atom is 0.369 e. The Labute approximate surface area is 133 Å². The molecule has 0 aliphatic rings. The molecule has 3 heterocycles. The molecule has 1 N–H and O–H groups in total. The van der Waals surface area contributed by atoms with Crippen LogP contribution in [-0.2, 0) is 6.54 Å². The first kappa shape index (κ1) is 13.6. The number of ketones is 1. The van der Waals surface area contributed by atoms with Crippen LogP contribution in [0, 0.1) is 0 Å². The van der Waals surface area contributed by atoms with Gasteiger partial charge < -0.3 is 4.98 Å². The average molecular weight is 325 g/mol. The van der Waals surface area contributed by atoms with Crippen molar-refractivity contribution in [3.63, 3.8) is 0 Å². The fraction of sp³-hybridized carbons (Fsp3) is 0.0667. The number of aromatic nitrogens is 5. The molecule has 0 radical (unpaired) electrons. The van der Waals surface area contributed by atoms with E-state index in [0.29, 0.717) is 10.6 Å². The van der Waals surface area contributed by atoms with Gasteiger partial charge in [0.15, 0.2) is 5.78 Å². The van der Waals surface area contributed by atoms with Crippen LogP contribution < -0.4 is 5.69 Å². The molecule has 0 saturated heterocycles. The molecule has 0 fully saturated rings. The topological polar surface area (TPSA) is 85.6 Å². The molecule has 23 heavy (non-hydrogen) atoms. The molecule has 0 aliphatic carbocycles. The predicted molar refractivity (Wildman–Crippen MR) is 86.1 cm³/mol. The molecule has 0 spiro atoms. The highest BCUT2D eigenvalue weighted by Crippen LogP contribution is 2.18. The number of hydrogen-bond acceptors (Lipinski definition) is 5. The number of H-pyrrole nitrogens is 1. The Morgan fingerprint density at radius 1 is 1.17 bits per heavy atom. The molecule has 1 aromatic carbocycles. The zero-order valence-electron chi connectivity index (χ0n) is 11.8. The number of carbonyl (C=O) groups is 1. The molecular formula is C15H11N5O2S. The highest BCUT2D eigenvalue weighted by molar-refractivity contribution is 7.12. The Morgan fingerprint density at radius 3 is 2.87 bits per heavy atom. The van der Waals surface area contributed by atoms with Crippen molar-refractivity contribution in [2.75, 3.05) is 0 Å². The predicted octanol–water partition coefficient (Wildman–Crippen LogP) is 1.85. The Bertz CT molecular complexity index is 1040. The summed E-state index contributed by atoms with van der Waals surface area (Å²) < 4.78 is 2.26. The molecule has 0 aliphatic heterocycles. The minimum absolute atomic E-state index is 0.147. The maximum absolute atomic E-state index is 12.5. The van der Waals surface area contributed by atoms with Crippen molar-refractivity contribution in [1.29, 1.82) is 0 Å². The molecule has 4 rings (SSSR count). The lowest BCUT2D eigenvalue weighted by atomic mass is 10.1. The van der Waals surface area contributed by atoms with Gasteiger partial charge in [0.2, 0.25) is 0 Å². The summed E-state index contributed by atoms with van der Waals surface area (Å²) in [6.07, 6.45) is 1.65. The lowest BCUT2D eigenvalue weighted by Crippen LogP contribution is -2.26. The number of thiophene rings is 1. The van der Waals surface area contributed by atoms with Crippen molar-refractivity contribution < 1.29 is 4.79 Å². The van der Waals surface area contributed by atoms with E-state index in [2.05, 4.69) is 15.4 Å². The van der Waals surface area contributed by atoms with Crippen LogP contribution in [0.5, 0.6) is 0 Å². The van der Waals surface area contributed by atoms with Gasteiger partial charge in [-0.1, -0.05) is 18.2 Å². The maximum atomic E-state index is 12.5. The summed E-state index contributed by atoms with van der Waals surface area (Å²) in [4.78, 5) is 27.8. The Hall–Kier alpha value is -3.00. The molecular weight excluding hydrogens is 314 g/mol. The number of para-hydroxylation sites is 1. The first-order valence-electron chi connectivity index (χ1n) is 6.90. The lowest BCUT2D eigenvalue weighted by molar-refractivity contribution is 0.0967. The number of Topliss-reactive ketones (excluding diaryl/α,β-unsaturated/α-hetero) is 1. The number of fused-ring (bicyclic) bond motifs is 1. The second kappa shape index (κ2) is 5.33. The molecule has 7 nitrogen and oxygen atoms in total. The first-order valence-corrected chi connectivity index (χ1v) is 7.78. The van der Waals surface area contributed by atoms with E-state index in [4.69, 9.17) is 0 Å². The fourth-order valence-electron chi connectivity index (χ4n) is 2.43. The van der Waals surface area contributed by atoms with Crippen LogP contribution in [-0.4, -0.2) is 30.6 Å². The van der Waals surface area contributed by atoms with Crippen LogP contribution >= 0.6 is 11.3 Å². The van der Waals surface area contributed by atoms with Crippen LogP contribution in [0.25, 0.3) is 15.9 Å². The smallest absolute Gasteiger partial charge is 0.360 e. The second-order valence-electron chi connectivity index (χ2n) is 4.95. The largest absolute Gasteiger partial charge is 0.369 e. The molecule has 3 aromatic heterocycles. The van der Waals surface area contributed by atoms with Gasteiger partial charge in [-0.3, -0.25) is 4.79 Å². The number of rotatable bonds is 4. The van der Waals surface area contributed by atoms with E-state index in [1.807, 2.05) is 35.7 Å². The normalized spacial score (nSPS) is 11.1. The third-order valence-corrected chi connectivity index (χ3v) is 4.38. The quantitative estimate of drug-likeness (QED) is 0.580. The third kappa shape index (κ3) is 2.29. The van der Waals surface area contributed by atoms with Crippen LogP contribution in [0.2, 0.25) is 0 Å². The van der Waals surface area contributed by atoms with Crippen LogP contribution in [0.1, 0.15) is 10.4 Å². The summed E-state index contributed by atoms with van der Waals surface area (Å²) in [7, 11) is 0. The molecule has 0 atom stereocenters. The van der Waals surface area contributed by atoms with Gasteiger partial charge in [0.1, 0.15) is 11.5 Å². The fourth-order valence-corrected chi connectivity index (χ4v) is 3.09. The number of carbonyl (C=O) groups excluding carboxylic acids is 1. The Balaban J connectivity index is 1.66. The van der Waals surface area contributed by atoms with Crippen molar-refractivity contribution in [2.45, 2.75) is 6.54 Å². The van der Waals surface area contributed by atoms with Crippen molar-refractivity contribution >= 4 is 28.0 Å². The number of nitrogens with one attached hydrogen (secondary N) is 1. The number of nitrogens with zero attached hydrogens (tertiary/aromatic N) is 4. The minimum Gasteiger partial charge on any atom is -0.360 e. The summed E-state index contributed by atoms with van der Waals surface area (Å²) in [6.45, 7) is -0.147. The van der Waals surface area contributed by atoms with Crippen LogP contribution in [0.3, 0.4) is 0 Å². The highest BCUT2D eigenvalue weighted by atomic mass is 32.1. The van der Waals surface area contributed by atoms with Crippen molar-refractivity contribution in [3.8, 4) is 5.00 Å². The summed E-state index contributed by atoms with van der Waals surface area (Å²) in [5.41, 5.74) is 0.990. The molecule has 4 aromatic rings. The van der Waals surface area contributed by atoms with E-state index in [9.17, 15) is 9.59 Å². The molecule has 8 heteroatoms. The van der Waals surface area contributed by atoms with Gasteiger partial charge >= 0.3 is 5.69 Å². The van der Waals surface area contributed by atoms with Crippen LogP contribution in [0.15, 0.2) is 52.8 Å². The molecule has 0 amide bonds. The summed E-state index contributed by atoms with van der Waals surface area (Å²) in [6, 6.07) is 11.1. The number of benzene rings is 1. The second-order valence-corrected chi connectivity index (χ2v) is 5.88. The van der Waals surface area contributed by atoms with E-state index < -0.39 is 5.69 Å². The molecule has 0 bridgehead atoms. The van der Waals surface area contributed by atoms with Crippen molar-refractivity contribution in [1.82, 2.24) is 24.8 Å². The van der Waals surface area contributed by atoms with E-state index in [0.717, 1.165) is 15.6 Å². The molecule has 0 saturated carbocycles. The zero-order chi connectivity index (χ0) is 15.8. The van der Waals surface area contributed by atoms with Gasteiger partial charge in [-0.05, 0) is 34.0 Å². The van der Waals surface area contributed by atoms with E-state index in [1.165, 1.54) is 16.0 Å². The summed E-state index contributed by atoms with van der Waals surface area (Å²) >= 11 is 1.38. The van der Waals surface area contributed by atoms with Crippen LogP contribution in [0.4, 0.5) is 0 Å². The summed E-state index contributed by atoms with van der Waals surface area (Å²) in [5, 5.41) is 11.0. The van der Waals surface area contributed by atoms with Gasteiger partial charge in [0.25, 0.3) is 0 Å². The lowest BCUT2D eigenvalue weighted by Gasteiger charge is -1.98. The van der Waals surface area contributed by atoms with E-state index in [1.54, 1.807) is 12.3 Å².